The highest BCUT2D eigenvalue weighted by Crippen LogP contribution is 2.16. The van der Waals surface area contributed by atoms with E-state index in [4.69, 9.17) is 0 Å². The van der Waals surface area contributed by atoms with E-state index in [1.807, 2.05) is 0 Å². The van der Waals surface area contributed by atoms with Crippen molar-refractivity contribution < 1.29 is 9.72 Å². The van der Waals surface area contributed by atoms with E-state index >= 15 is 0 Å². The molecule has 0 atom stereocenters. The molecule has 0 aromatic carbocycles. The Labute approximate surface area is 101 Å². The van der Waals surface area contributed by atoms with Crippen molar-refractivity contribution in [3.05, 3.63) is 27.9 Å². The van der Waals surface area contributed by atoms with Crippen LogP contribution >= 0.6 is 15.9 Å². The summed E-state index contributed by atoms with van der Waals surface area (Å²) in [6, 6.07) is 2.79. The number of nitro groups is 1. The van der Waals surface area contributed by atoms with Crippen molar-refractivity contribution >= 4 is 27.7 Å². The zero-order valence-corrected chi connectivity index (χ0v) is 10.6. The average molecular weight is 290 g/mol. The molecule has 1 amide bonds. The third-order valence-electron chi connectivity index (χ3n) is 2.27. The van der Waals surface area contributed by atoms with Crippen LogP contribution in [-0.4, -0.2) is 39.2 Å². The van der Waals surface area contributed by atoms with E-state index in [0.717, 1.165) is 0 Å². The monoisotopic (exact) mass is 289 g/mol. The number of hydrogen-bond donors (Lipinski definition) is 0. The van der Waals surface area contributed by atoms with Crippen molar-refractivity contribution in [2.45, 2.75) is 0 Å². The SMILES string of the molecule is CN(CCBr)C(=O)c1ccc([N+](=O)[O-])n1C. The number of halogens is 1. The Morgan fingerprint density at radius 3 is 2.69 bits per heavy atom. The van der Waals surface area contributed by atoms with Crippen molar-refractivity contribution in [2.75, 3.05) is 18.9 Å². The number of nitrogens with zero attached hydrogens (tertiary/aromatic N) is 3. The highest BCUT2D eigenvalue weighted by atomic mass is 79.9. The summed E-state index contributed by atoms with van der Waals surface area (Å²) in [7, 11) is 3.16. The van der Waals surface area contributed by atoms with Crippen molar-refractivity contribution in [3.8, 4) is 0 Å². The second kappa shape index (κ2) is 5.11. The van der Waals surface area contributed by atoms with Gasteiger partial charge in [-0.25, -0.2) is 4.57 Å². The molecule has 7 heteroatoms. The van der Waals surface area contributed by atoms with E-state index in [0.29, 0.717) is 17.6 Å². The van der Waals surface area contributed by atoms with Crippen LogP contribution in [-0.2, 0) is 7.05 Å². The number of carbonyl (C=O) groups is 1. The second-order valence-electron chi connectivity index (χ2n) is 3.31. The predicted molar refractivity (Wildman–Crippen MR) is 62.8 cm³/mol. The molecular formula is C9H12BrN3O3. The Morgan fingerprint density at radius 2 is 2.25 bits per heavy atom. The van der Waals surface area contributed by atoms with Gasteiger partial charge in [0.05, 0.1) is 7.05 Å². The van der Waals surface area contributed by atoms with Gasteiger partial charge in [-0.3, -0.25) is 4.79 Å². The molecule has 0 bridgehead atoms. The van der Waals surface area contributed by atoms with Crippen LogP contribution in [0.4, 0.5) is 5.82 Å². The first kappa shape index (κ1) is 12.7. The Kier molecular flexibility index (Phi) is 4.05. The predicted octanol–water partition coefficient (Wildman–Crippen LogP) is 1.40. The molecule has 1 aromatic rings. The lowest BCUT2D eigenvalue weighted by Gasteiger charge is -2.13. The fourth-order valence-corrected chi connectivity index (χ4v) is 1.85. The molecule has 88 valence electrons. The zero-order valence-electron chi connectivity index (χ0n) is 9.01. The van der Waals surface area contributed by atoms with E-state index in [1.54, 1.807) is 7.05 Å². The smallest absolute Gasteiger partial charge is 0.323 e. The summed E-state index contributed by atoms with van der Waals surface area (Å²) in [5, 5.41) is 11.3. The molecular weight excluding hydrogens is 278 g/mol. The number of amides is 1. The standard InChI is InChI=1S/C9H12BrN3O3/c1-11(6-5-10)9(14)7-3-4-8(12(7)2)13(15)16/h3-4H,5-6H2,1-2H3. The summed E-state index contributed by atoms with van der Waals surface area (Å²) in [5.74, 6) is -0.314. The molecule has 1 aromatic heterocycles. The molecule has 0 N–H and O–H groups in total. The molecule has 0 aliphatic heterocycles. The van der Waals surface area contributed by atoms with Gasteiger partial charge in [-0.05, 0) is 11.0 Å². The Morgan fingerprint density at radius 1 is 1.62 bits per heavy atom. The number of hydrogen-bond acceptors (Lipinski definition) is 3. The maximum atomic E-state index is 11.9. The van der Waals surface area contributed by atoms with Crippen LogP contribution in [0.25, 0.3) is 0 Å². The zero-order chi connectivity index (χ0) is 12.3. The highest BCUT2D eigenvalue weighted by molar-refractivity contribution is 9.09. The third-order valence-corrected chi connectivity index (χ3v) is 2.62. The topological polar surface area (TPSA) is 68.4 Å². The normalized spacial score (nSPS) is 10.2. The summed E-state index contributed by atoms with van der Waals surface area (Å²) >= 11 is 3.23. The van der Waals surface area contributed by atoms with Crippen LogP contribution in [0.2, 0.25) is 0 Å². The number of aromatic nitrogens is 1. The summed E-state index contributed by atoms with van der Waals surface area (Å²) in [6.07, 6.45) is 0. The molecule has 0 radical (unpaired) electrons. The molecule has 0 aliphatic rings. The van der Waals surface area contributed by atoms with E-state index in [2.05, 4.69) is 15.9 Å². The fraction of sp³-hybridized carbons (Fsp3) is 0.444. The molecule has 6 nitrogen and oxygen atoms in total. The van der Waals surface area contributed by atoms with Crippen LogP contribution in [0.1, 0.15) is 10.5 Å². The molecule has 1 rings (SSSR count). The van der Waals surface area contributed by atoms with Crippen molar-refractivity contribution in [3.63, 3.8) is 0 Å². The van der Waals surface area contributed by atoms with Crippen molar-refractivity contribution in [2.24, 2.45) is 7.05 Å². The molecule has 0 spiro atoms. The first-order chi connectivity index (χ1) is 7.49. The molecule has 0 saturated heterocycles. The Balaban J connectivity index is 2.97. The van der Waals surface area contributed by atoms with Gasteiger partial charge in [0, 0.05) is 25.0 Å². The molecule has 0 aliphatic carbocycles. The molecule has 1 heterocycles. The van der Waals surface area contributed by atoms with Crippen LogP contribution in [0, 0.1) is 10.1 Å². The van der Waals surface area contributed by atoms with Gasteiger partial charge in [-0.1, -0.05) is 15.9 Å². The third kappa shape index (κ3) is 2.41. The minimum atomic E-state index is -0.513. The van der Waals surface area contributed by atoms with Crippen LogP contribution < -0.4 is 0 Å². The maximum Gasteiger partial charge on any atom is 0.323 e. The fourth-order valence-electron chi connectivity index (χ4n) is 1.32. The van der Waals surface area contributed by atoms with E-state index in [-0.39, 0.29) is 11.7 Å². The van der Waals surface area contributed by atoms with Gasteiger partial charge in [-0.2, -0.15) is 0 Å². The molecule has 0 unspecified atom stereocenters. The van der Waals surface area contributed by atoms with E-state index in [1.165, 1.54) is 28.6 Å². The number of carbonyl (C=O) groups excluding carboxylic acids is 1. The number of rotatable bonds is 4. The van der Waals surface area contributed by atoms with Gasteiger partial charge in [0.1, 0.15) is 0 Å². The van der Waals surface area contributed by atoms with E-state index < -0.39 is 4.92 Å². The van der Waals surface area contributed by atoms with Gasteiger partial charge in [0.15, 0.2) is 5.69 Å². The van der Waals surface area contributed by atoms with Gasteiger partial charge in [-0.15, -0.1) is 0 Å². The minimum Gasteiger partial charge on any atom is -0.358 e. The highest BCUT2D eigenvalue weighted by Gasteiger charge is 2.22. The quantitative estimate of drug-likeness (QED) is 0.478. The average Bonchev–Trinajstić information content (AvgIpc) is 2.59. The van der Waals surface area contributed by atoms with Gasteiger partial charge < -0.3 is 15.0 Å². The minimum absolute atomic E-state index is 0.0874. The van der Waals surface area contributed by atoms with Gasteiger partial charge in [0.25, 0.3) is 5.91 Å². The summed E-state index contributed by atoms with van der Waals surface area (Å²) in [4.78, 5) is 23.5. The summed E-state index contributed by atoms with van der Waals surface area (Å²) in [6.45, 7) is 0.553. The summed E-state index contributed by atoms with van der Waals surface area (Å²) < 4.78 is 1.28. The first-order valence-corrected chi connectivity index (χ1v) is 5.72. The summed E-state index contributed by atoms with van der Waals surface area (Å²) in [5.41, 5.74) is 0.315. The molecule has 16 heavy (non-hydrogen) atoms. The van der Waals surface area contributed by atoms with E-state index in [9.17, 15) is 14.9 Å². The van der Waals surface area contributed by atoms with Crippen LogP contribution in [0.5, 0.6) is 0 Å². The van der Waals surface area contributed by atoms with Crippen LogP contribution in [0.15, 0.2) is 12.1 Å². The van der Waals surface area contributed by atoms with Crippen molar-refractivity contribution in [1.29, 1.82) is 0 Å². The largest absolute Gasteiger partial charge is 0.358 e. The lowest BCUT2D eigenvalue weighted by molar-refractivity contribution is -0.391. The second-order valence-corrected chi connectivity index (χ2v) is 4.10. The van der Waals surface area contributed by atoms with Crippen molar-refractivity contribution in [1.82, 2.24) is 9.47 Å². The van der Waals surface area contributed by atoms with Crippen LogP contribution in [0.3, 0.4) is 0 Å². The molecule has 0 fully saturated rings. The van der Waals surface area contributed by atoms with Gasteiger partial charge in [0.2, 0.25) is 0 Å². The first-order valence-electron chi connectivity index (χ1n) is 4.60. The lowest BCUT2D eigenvalue weighted by atomic mass is 10.4. The molecule has 0 saturated carbocycles. The Bertz CT molecular complexity index is 416. The lowest BCUT2D eigenvalue weighted by Crippen LogP contribution is -2.30. The maximum absolute atomic E-state index is 11.9. The number of alkyl halides is 1. The van der Waals surface area contributed by atoms with Gasteiger partial charge >= 0.3 is 5.82 Å². The Hall–Kier alpha value is -1.37.